The van der Waals surface area contributed by atoms with Gasteiger partial charge < -0.3 is 10.2 Å². The molecule has 1 amide bonds. The van der Waals surface area contributed by atoms with Gasteiger partial charge in [0.05, 0.1) is 11.4 Å². The first-order valence-corrected chi connectivity index (χ1v) is 8.79. The number of aryl methyl sites for hydroxylation is 2. The minimum Gasteiger partial charge on any atom is -0.337 e. The summed E-state index contributed by atoms with van der Waals surface area (Å²) < 4.78 is 1.92. The van der Waals surface area contributed by atoms with E-state index in [0.29, 0.717) is 12.1 Å². The first-order valence-electron chi connectivity index (χ1n) is 8.79. The van der Waals surface area contributed by atoms with Crippen LogP contribution in [0, 0.1) is 13.8 Å². The molecular weight excluding hydrogens is 336 g/mol. The zero-order valence-corrected chi connectivity index (χ0v) is 15.6. The molecule has 2 unspecified atom stereocenters. The van der Waals surface area contributed by atoms with Gasteiger partial charge in [0.2, 0.25) is 0 Å². The molecule has 1 aromatic carbocycles. The molecule has 2 aliphatic heterocycles. The van der Waals surface area contributed by atoms with Gasteiger partial charge in [-0.05, 0) is 63.4 Å². The highest BCUT2D eigenvalue weighted by atomic mass is 35.5. The molecule has 3 heterocycles. The zero-order chi connectivity index (χ0) is 16.7. The summed E-state index contributed by atoms with van der Waals surface area (Å²) in [5.41, 5.74) is 3.85. The highest BCUT2D eigenvalue weighted by molar-refractivity contribution is 5.94. The molecule has 25 heavy (non-hydrogen) atoms. The van der Waals surface area contributed by atoms with Crippen molar-refractivity contribution in [2.45, 2.75) is 45.2 Å². The average molecular weight is 361 g/mol. The number of fused-ring (bicyclic) bond motifs is 2. The first-order chi connectivity index (χ1) is 11.6. The van der Waals surface area contributed by atoms with E-state index in [1.54, 1.807) is 0 Å². The number of hydrogen-bond donors (Lipinski definition) is 1. The molecule has 5 nitrogen and oxygen atoms in total. The molecule has 2 bridgehead atoms. The predicted octanol–water partition coefficient (Wildman–Crippen LogP) is 2.88. The summed E-state index contributed by atoms with van der Waals surface area (Å²) in [6.45, 7) is 5.71. The molecule has 0 spiro atoms. The second-order valence-corrected chi connectivity index (χ2v) is 7.06. The number of carbonyl (C=O) groups excluding carboxylic acids is 1. The summed E-state index contributed by atoms with van der Waals surface area (Å²) in [5.74, 6) is 0.143. The lowest BCUT2D eigenvalue weighted by atomic mass is 10.1. The maximum Gasteiger partial charge on any atom is 0.253 e. The van der Waals surface area contributed by atoms with Crippen molar-refractivity contribution in [1.82, 2.24) is 20.0 Å². The van der Waals surface area contributed by atoms with Crippen molar-refractivity contribution >= 4 is 18.3 Å². The summed E-state index contributed by atoms with van der Waals surface area (Å²) in [6, 6.07) is 10.9. The van der Waals surface area contributed by atoms with Crippen molar-refractivity contribution in [1.29, 1.82) is 0 Å². The van der Waals surface area contributed by atoms with Gasteiger partial charge in [0.15, 0.2) is 0 Å². The lowest BCUT2D eigenvalue weighted by molar-refractivity contribution is 0.0748. The molecule has 0 radical (unpaired) electrons. The van der Waals surface area contributed by atoms with E-state index in [9.17, 15) is 4.79 Å². The smallest absolute Gasteiger partial charge is 0.253 e. The van der Waals surface area contributed by atoms with Crippen molar-refractivity contribution in [2.75, 3.05) is 13.1 Å². The number of carbonyl (C=O) groups is 1. The third kappa shape index (κ3) is 3.58. The minimum atomic E-state index is 0. The van der Waals surface area contributed by atoms with Gasteiger partial charge >= 0.3 is 0 Å². The molecule has 4 rings (SSSR count). The lowest BCUT2D eigenvalue weighted by Gasteiger charge is -2.24. The van der Waals surface area contributed by atoms with Gasteiger partial charge in [-0.1, -0.05) is 0 Å². The van der Waals surface area contributed by atoms with Crippen LogP contribution in [0.2, 0.25) is 0 Å². The Morgan fingerprint density at radius 3 is 2.52 bits per heavy atom. The second-order valence-electron chi connectivity index (χ2n) is 7.06. The number of aromatic nitrogens is 2. The number of benzene rings is 1. The van der Waals surface area contributed by atoms with Crippen molar-refractivity contribution in [3.05, 3.63) is 47.3 Å². The Morgan fingerprint density at radius 1 is 1.12 bits per heavy atom. The molecule has 2 aliphatic rings. The molecule has 1 aromatic heterocycles. The monoisotopic (exact) mass is 360 g/mol. The van der Waals surface area contributed by atoms with Crippen LogP contribution in [0.3, 0.4) is 0 Å². The van der Waals surface area contributed by atoms with E-state index in [0.717, 1.165) is 42.1 Å². The molecule has 134 valence electrons. The number of hydrogen-bond acceptors (Lipinski definition) is 3. The Balaban J connectivity index is 0.00000182. The van der Waals surface area contributed by atoms with Gasteiger partial charge in [-0.15, -0.1) is 12.4 Å². The van der Waals surface area contributed by atoms with Crippen molar-refractivity contribution < 1.29 is 4.79 Å². The molecule has 2 fully saturated rings. The molecule has 2 aromatic rings. The Bertz CT molecular complexity index is 755. The van der Waals surface area contributed by atoms with Crippen molar-refractivity contribution in [3.63, 3.8) is 0 Å². The van der Waals surface area contributed by atoms with Gasteiger partial charge in [0.25, 0.3) is 5.91 Å². The summed E-state index contributed by atoms with van der Waals surface area (Å²) in [5, 5.41) is 8.12. The van der Waals surface area contributed by atoms with Crippen LogP contribution in [0.1, 0.15) is 41.0 Å². The van der Waals surface area contributed by atoms with Crippen LogP contribution in [0.15, 0.2) is 30.3 Å². The first kappa shape index (κ1) is 18.0. The van der Waals surface area contributed by atoms with Gasteiger partial charge in [-0.25, -0.2) is 4.68 Å². The topological polar surface area (TPSA) is 50.2 Å². The Hall–Kier alpha value is -1.85. The Morgan fingerprint density at radius 2 is 1.84 bits per heavy atom. The fourth-order valence-electron chi connectivity index (χ4n) is 3.95. The molecule has 2 saturated heterocycles. The van der Waals surface area contributed by atoms with Gasteiger partial charge in [-0.3, -0.25) is 4.79 Å². The molecule has 1 N–H and O–H groups in total. The van der Waals surface area contributed by atoms with Crippen LogP contribution in [0.5, 0.6) is 0 Å². The number of nitrogens with zero attached hydrogens (tertiary/aromatic N) is 3. The number of halogens is 1. The zero-order valence-electron chi connectivity index (χ0n) is 14.7. The highest BCUT2D eigenvalue weighted by Gasteiger charge is 2.31. The summed E-state index contributed by atoms with van der Waals surface area (Å²) >= 11 is 0. The second kappa shape index (κ2) is 7.18. The van der Waals surface area contributed by atoms with E-state index < -0.39 is 0 Å². The average Bonchev–Trinajstić information content (AvgIpc) is 3.08. The Labute approximate surface area is 154 Å². The molecule has 6 heteroatoms. The molecule has 0 aliphatic carbocycles. The molecular formula is C19H25ClN4O. The summed E-state index contributed by atoms with van der Waals surface area (Å²) in [6.07, 6.45) is 3.50. The lowest BCUT2D eigenvalue weighted by Crippen LogP contribution is -2.39. The van der Waals surface area contributed by atoms with Crippen LogP contribution in [-0.4, -0.2) is 45.8 Å². The van der Waals surface area contributed by atoms with Crippen LogP contribution in [-0.2, 0) is 0 Å². The highest BCUT2D eigenvalue weighted by Crippen LogP contribution is 2.22. The van der Waals surface area contributed by atoms with E-state index in [2.05, 4.69) is 16.5 Å². The Kier molecular flexibility index (Phi) is 5.16. The van der Waals surface area contributed by atoms with Crippen LogP contribution >= 0.6 is 12.4 Å². The maximum atomic E-state index is 12.8. The van der Waals surface area contributed by atoms with Crippen LogP contribution in [0.4, 0.5) is 0 Å². The fraction of sp³-hybridized carbons (Fsp3) is 0.474. The number of nitrogens with one attached hydrogen (secondary N) is 1. The summed E-state index contributed by atoms with van der Waals surface area (Å²) in [7, 11) is 0. The number of amides is 1. The normalized spacial score (nSPS) is 22.4. The SMILES string of the molecule is Cc1cc(C)n(-c2ccc(C(=O)N3CCC4CCC(C3)N4)cc2)n1.Cl. The van der Waals surface area contributed by atoms with Crippen LogP contribution in [0.25, 0.3) is 5.69 Å². The van der Waals surface area contributed by atoms with E-state index in [1.807, 2.05) is 47.7 Å². The van der Waals surface area contributed by atoms with Gasteiger partial charge in [0.1, 0.15) is 0 Å². The van der Waals surface area contributed by atoms with Gasteiger partial charge in [0, 0.05) is 36.4 Å². The largest absolute Gasteiger partial charge is 0.337 e. The van der Waals surface area contributed by atoms with E-state index in [4.69, 9.17) is 0 Å². The van der Waals surface area contributed by atoms with Crippen molar-refractivity contribution in [2.24, 2.45) is 0 Å². The van der Waals surface area contributed by atoms with Crippen LogP contribution < -0.4 is 5.32 Å². The van der Waals surface area contributed by atoms with E-state index in [-0.39, 0.29) is 18.3 Å². The minimum absolute atomic E-state index is 0. The number of likely N-dealkylation sites (tertiary alicyclic amines) is 1. The quantitative estimate of drug-likeness (QED) is 0.895. The molecule has 0 saturated carbocycles. The van der Waals surface area contributed by atoms with E-state index >= 15 is 0 Å². The third-order valence-corrected chi connectivity index (χ3v) is 5.18. The third-order valence-electron chi connectivity index (χ3n) is 5.18. The molecule has 2 atom stereocenters. The summed E-state index contributed by atoms with van der Waals surface area (Å²) in [4.78, 5) is 14.8. The predicted molar refractivity (Wildman–Crippen MR) is 101 cm³/mol. The number of rotatable bonds is 2. The standard InChI is InChI=1S/C19H24N4O.ClH/c1-13-11-14(2)23(21-13)18-7-3-15(4-8-18)19(24)22-10-9-16-5-6-17(12-22)20-16;/h3-4,7-8,11,16-17,20H,5-6,9-10,12H2,1-2H3;1H. The van der Waals surface area contributed by atoms with Crippen molar-refractivity contribution in [3.8, 4) is 5.69 Å². The van der Waals surface area contributed by atoms with E-state index in [1.165, 1.54) is 12.8 Å². The fourth-order valence-corrected chi connectivity index (χ4v) is 3.95. The van der Waals surface area contributed by atoms with Gasteiger partial charge in [-0.2, -0.15) is 5.10 Å². The maximum absolute atomic E-state index is 12.8.